The Kier molecular flexibility index (Phi) is 2.08. The van der Waals surface area contributed by atoms with Gasteiger partial charge in [0.1, 0.15) is 5.82 Å². The summed E-state index contributed by atoms with van der Waals surface area (Å²) >= 11 is 0. The van der Waals surface area contributed by atoms with E-state index < -0.39 is 18.0 Å². The van der Waals surface area contributed by atoms with E-state index in [1.165, 1.54) is 18.5 Å². The van der Waals surface area contributed by atoms with Crippen LogP contribution in [0, 0.1) is 0 Å². The minimum atomic E-state index is -1.65. The van der Waals surface area contributed by atoms with Crippen LogP contribution in [-0.2, 0) is 0 Å². The molecule has 0 radical (unpaired) electrons. The molecule has 0 aromatic carbocycles. The molecule has 0 aliphatic heterocycles. The van der Waals surface area contributed by atoms with Crippen molar-refractivity contribution in [2.24, 2.45) is 0 Å². The molecule has 15 heavy (non-hydrogen) atoms. The first-order chi connectivity index (χ1) is 7.05. The van der Waals surface area contributed by atoms with Gasteiger partial charge in [-0.15, -0.1) is 0 Å². The number of aliphatic hydroxyl groups is 1. The largest absolute Gasteiger partial charge is 0.393 e. The monoisotopic (exact) mass is 211 g/mol. The van der Waals surface area contributed by atoms with E-state index >= 15 is 0 Å². The Morgan fingerprint density at radius 3 is 3.07 bits per heavy atom. The second kappa shape index (κ2) is 3.16. The first kappa shape index (κ1) is 9.85. The maximum absolute atomic E-state index is 13.3. The van der Waals surface area contributed by atoms with Crippen molar-refractivity contribution < 1.29 is 9.50 Å². The van der Waals surface area contributed by atoms with Gasteiger partial charge in [-0.1, -0.05) is 0 Å². The minimum Gasteiger partial charge on any atom is -0.393 e. The maximum Gasteiger partial charge on any atom is 0.353 e. The lowest BCUT2D eigenvalue weighted by molar-refractivity contribution is 0.170. The fraction of sp³-hybridized carbons (Fsp3) is 0.333. The molecule has 5 nitrogen and oxygen atoms in total. The molecule has 1 aromatic rings. The molecule has 0 spiro atoms. The van der Waals surface area contributed by atoms with Crippen molar-refractivity contribution in [2.45, 2.75) is 12.1 Å². The van der Waals surface area contributed by atoms with Crippen molar-refractivity contribution in [3.05, 3.63) is 28.3 Å². The summed E-state index contributed by atoms with van der Waals surface area (Å²) in [6.07, 6.45) is 2.90. The number of nitrogens with two attached hydrogens (primary N) is 1. The Balaban J connectivity index is 2.31. The quantitative estimate of drug-likeness (QED) is 0.708. The lowest BCUT2D eigenvalue weighted by Crippen LogP contribution is -2.19. The number of halogens is 1. The summed E-state index contributed by atoms with van der Waals surface area (Å²) in [5.74, 6) is 0.124. The molecule has 1 saturated carbocycles. The van der Waals surface area contributed by atoms with Crippen molar-refractivity contribution in [1.82, 2.24) is 9.55 Å². The van der Waals surface area contributed by atoms with Crippen LogP contribution >= 0.6 is 0 Å². The van der Waals surface area contributed by atoms with Gasteiger partial charge in [0.05, 0.1) is 6.61 Å². The summed E-state index contributed by atoms with van der Waals surface area (Å²) in [4.78, 5) is 14.7. The first-order valence-electron chi connectivity index (χ1n) is 4.41. The van der Waals surface area contributed by atoms with Gasteiger partial charge in [-0.25, -0.2) is 9.18 Å². The second-order valence-corrected chi connectivity index (χ2v) is 3.50. The van der Waals surface area contributed by atoms with Gasteiger partial charge in [0.2, 0.25) is 0 Å². The summed E-state index contributed by atoms with van der Waals surface area (Å²) < 4.78 is 14.5. The Morgan fingerprint density at radius 2 is 2.53 bits per heavy atom. The summed E-state index contributed by atoms with van der Waals surface area (Å²) in [7, 11) is 0. The van der Waals surface area contributed by atoms with Gasteiger partial charge in [0.25, 0.3) is 0 Å². The SMILES string of the molecule is Nc1ccn(/C=C2/CC2(F)CO)c(=O)n1. The molecule has 1 aliphatic carbocycles. The lowest BCUT2D eigenvalue weighted by atomic mass is 10.4. The van der Waals surface area contributed by atoms with Crippen molar-refractivity contribution in [2.75, 3.05) is 12.3 Å². The topological polar surface area (TPSA) is 81.1 Å². The number of aliphatic hydroxyl groups excluding tert-OH is 1. The number of rotatable bonds is 2. The highest BCUT2D eigenvalue weighted by atomic mass is 19.1. The number of nitrogen functional groups attached to an aromatic ring is 1. The molecule has 1 aliphatic rings. The third-order valence-corrected chi connectivity index (χ3v) is 2.32. The van der Waals surface area contributed by atoms with Gasteiger partial charge < -0.3 is 10.8 Å². The van der Waals surface area contributed by atoms with E-state index in [1.807, 2.05) is 0 Å². The van der Waals surface area contributed by atoms with Crippen LogP contribution in [0.15, 0.2) is 22.6 Å². The average molecular weight is 211 g/mol. The smallest absolute Gasteiger partial charge is 0.353 e. The number of hydrogen-bond acceptors (Lipinski definition) is 4. The molecule has 6 heteroatoms. The van der Waals surface area contributed by atoms with E-state index in [1.54, 1.807) is 0 Å². The van der Waals surface area contributed by atoms with E-state index in [0.29, 0.717) is 5.57 Å². The molecule has 1 atom stereocenters. The molecule has 1 aromatic heterocycles. The Labute approximate surface area is 84.7 Å². The number of alkyl halides is 1. The summed E-state index contributed by atoms with van der Waals surface area (Å²) in [5.41, 5.74) is 3.47. The van der Waals surface area contributed by atoms with Crippen LogP contribution < -0.4 is 11.4 Å². The first-order valence-corrected chi connectivity index (χ1v) is 4.41. The number of anilines is 1. The third kappa shape index (κ3) is 1.75. The molecule has 2 rings (SSSR count). The molecule has 0 bridgehead atoms. The fourth-order valence-corrected chi connectivity index (χ4v) is 1.27. The Bertz CT molecular complexity index is 482. The van der Waals surface area contributed by atoms with Gasteiger partial charge in [-0.2, -0.15) is 4.98 Å². The summed E-state index contributed by atoms with van der Waals surface area (Å²) in [5, 5.41) is 8.69. The van der Waals surface area contributed by atoms with Gasteiger partial charge in [0, 0.05) is 18.8 Å². The van der Waals surface area contributed by atoms with Crippen molar-refractivity contribution in [3.63, 3.8) is 0 Å². The standard InChI is InChI=1S/C9H10FN3O2/c10-9(5-14)3-6(9)4-13-2-1-7(11)12-8(13)15/h1-2,4,14H,3,5H2,(H2,11,12,15)/b6-4-. The van der Waals surface area contributed by atoms with Crippen LogP contribution in [0.4, 0.5) is 10.2 Å². The molecule has 0 saturated heterocycles. The molecule has 0 amide bonds. The van der Waals surface area contributed by atoms with Crippen LogP contribution in [0.25, 0.3) is 6.20 Å². The van der Waals surface area contributed by atoms with Crippen molar-refractivity contribution in [3.8, 4) is 0 Å². The van der Waals surface area contributed by atoms with E-state index in [-0.39, 0.29) is 12.2 Å². The van der Waals surface area contributed by atoms with Crippen LogP contribution in [-0.4, -0.2) is 26.9 Å². The van der Waals surface area contributed by atoms with E-state index in [9.17, 15) is 9.18 Å². The molecular weight excluding hydrogens is 201 g/mol. The van der Waals surface area contributed by atoms with Crippen molar-refractivity contribution >= 4 is 12.0 Å². The van der Waals surface area contributed by atoms with Crippen LogP contribution in [0.3, 0.4) is 0 Å². The average Bonchev–Trinajstić information content (AvgIpc) is 2.83. The number of nitrogens with zero attached hydrogens (tertiary/aromatic N) is 2. The zero-order valence-corrected chi connectivity index (χ0v) is 7.85. The van der Waals surface area contributed by atoms with Crippen molar-refractivity contribution in [1.29, 1.82) is 0 Å². The summed E-state index contributed by atoms with van der Waals surface area (Å²) in [6, 6.07) is 1.44. The Morgan fingerprint density at radius 1 is 1.80 bits per heavy atom. The second-order valence-electron chi connectivity index (χ2n) is 3.50. The zero-order chi connectivity index (χ0) is 11.1. The predicted octanol–water partition coefficient (Wildman–Crippen LogP) is -0.229. The molecule has 3 N–H and O–H groups in total. The van der Waals surface area contributed by atoms with Gasteiger partial charge >= 0.3 is 5.69 Å². The molecule has 1 unspecified atom stereocenters. The minimum absolute atomic E-state index is 0.124. The van der Waals surface area contributed by atoms with Crippen LogP contribution in [0.5, 0.6) is 0 Å². The highest BCUT2D eigenvalue weighted by molar-refractivity contribution is 5.49. The predicted molar refractivity (Wildman–Crippen MR) is 52.7 cm³/mol. The Hall–Kier alpha value is -1.69. The van der Waals surface area contributed by atoms with E-state index in [0.717, 1.165) is 4.57 Å². The van der Waals surface area contributed by atoms with Crippen LogP contribution in [0.2, 0.25) is 0 Å². The highest BCUT2D eigenvalue weighted by Gasteiger charge is 2.49. The third-order valence-electron chi connectivity index (χ3n) is 2.32. The summed E-state index contributed by atoms with van der Waals surface area (Å²) in [6.45, 7) is -0.560. The van der Waals surface area contributed by atoms with Gasteiger partial charge in [0.15, 0.2) is 5.67 Å². The molecule has 1 fully saturated rings. The molecule has 80 valence electrons. The van der Waals surface area contributed by atoms with E-state index in [4.69, 9.17) is 10.8 Å². The lowest BCUT2D eigenvalue weighted by Gasteiger charge is -1.98. The molecule has 1 heterocycles. The number of hydrogen-bond donors (Lipinski definition) is 2. The van der Waals surface area contributed by atoms with Crippen LogP contribution in [0.1, 0.15) is 6.42 Å². The van der Waals surface area contributed by atoms with E-state index in [2.05, 4.69) is 4.98 Å². The number of aromatic nitrogens is 2. The maximum atomic E-state index is 13.3. The molecular formula is C9H10FN3O2. The highest BCUT2D eigenvalue weighted by Crippen LogP contribution is 2.46. The fourth-order valence-electron chi connectivity index (χ4n) is 1.27. The zero-order valence-electron chi connectivity index (χ0n) is 7.85. The van der Waals surface area contributed by atoms with Gasteiger partial charge in [-0.05, 0) is 11.6 Å². The normalized spacial score (nSPS) is 26.9. The van der Waals surface area contributed by atoms with Gasteiger partial charge in [-0.3, -0.25) is 4.57 Å².